The van der Waals surface area contributed by atoms with Crippen molar-refractivity contribution >= 4 is 5.69 Å². The molecule has 3 N–H and O–H groups in total. The van der Waals surface area contributed by atoms with Crippen LogP contribution in [-0.4, -0.2) is 24.5 Å². The van der Waals surface area contributed by atoms with Crippen molar-refractivity contribution in [2.24, 2.45) is 11.7 Å². The summed E-state index contributed by atoms with van der Waals surface area (Å²) in [5.74, 6) is 0.275. The Morgan fingerprint density at radius 1 is 1.03 bits per heavy atom. The zero-order valence-corrected chi connectivity index (χ0v) is 22.3. The van der Waals surface area contributed by atoms with Gasteiger partial charge in [0.05, 0.1) is 0 Å². The lowest BCUT2D eigenvalue weighted by molar-refractivity contribution is 0.266. The maximum atomic E-state index is 6.25. The molecule has 1 heterocycles. The third kappa shape index (κ3) is 8.17. The highest BCUT2D eigenvalue weighted by molar-refractivity contribution is 5.55. The average molecular weight is 485 g/mol. The first kappa shape index (κ1) is 27.3. The van der Waals surface area contributed by atoms with Crippen LogP contribution in [0, 0.1) is 5.92 Å². The van der Waals surface area contributed by atoms with Crippen LogP contribution in [0.5, 0.6) is 0 Å². The molecule has 2 aromatic carbocycles. The van der Waals surface area contributed by atoms with Gasteiger partial charge in [0.1, 0.15) is 0 Å². The Hall–Kier alpha value is -3.24. The number of anilines is 1. The molecule has 1 unspecified atom stereocenters. The zero-order chi connectivity index (χ0) is 25.9. The number of nitrogens with one attached hydrogen (secondary N) is 1. The van der Waals surface area contributed by atoms with Crippen molar-refractivity contribution in [3.63, 3.8) is 0 Å². The Morgan fingerprint density at radius 2 is 1.69 bits per heavy atom. The van der Waals surface area contributed by atoms with Crippen molar-refractivity contribution in [2.75, 3.05) is 24.5 Å². The highest BCUT2D eigenvalue weighted by Gasteiger charge is 2.28. The highest BCUT2D eigenvalue weighted by atomic mass is 15.2. The molecule has 1 aliphatic heterocycles. The molecule has 0 radical (unpaired) electrons. The van der Waals surface area contributed by atoms with E-state index in [-0.39, 0.29) is 5.92 Å². The number of nitrogens with zero attached hydrogens (tertiary/aromatic N) is 2. The molecule has 3 rings (SSSR count). The maximum absolute atomic E-state index is 6.25. The van der Waals surface area contributed by atoms with Gasteiger partial charge >= 0.3 is 0 Å². The molecule has 2 aromatic rings. The van der Waals surface area contributed by atoms with E-state index in [2.05, 4.69) is 97.2 Å². The average Bonchev–Trinajstić information content (AvgIpc) is 3.26. The van der Waals surface area contributed by atoms with Crippen molar-refractivity contribution in [1.29, 1.82) is 0 Å². The molecule has 0 aliphatic carbocycles. The van der Waals surface area contributed by atoms with Crippen molar-refractivity contribution in [1.82, 2.24) is 10.2 Å². The van der Waals surface area contributed by atoms with E-state index in [0.29, 0.717) is 0 Å². The molecular weight excluding hydrogens is 440 g/mol. The predicted molar refractivity (Wildman–Crippen MR) is 155 cm³/mol. The van der Waals surface area contributed by atoms with E-state index in [1.54, 1.807) is 0 Å². The molecule has 1 fully saturated rings. The Labute approximate surface area is 218 Å². The van der Waals surface area contributed by atoms with Crippen LogP contribution < -0.4 is 16.0 Å². The topological polar surface area (TPSA) is 44.5 Å². The van der Waals surface area contributed by atoms with E-state index in [4.69, 9.17) is 5.73 Å². The summed E-state index contributed by atoms with van der Waals surface area (Å²) in [6.45, 7) is 21.5. The fourth-order valence-corrected chi connectivity index (χ4v) is 4.85. The first-order valence-corrected chi connectivity index (χ1v) is 13.3. The minimum Gasteiger partial charge on any atom is -0.402 e. The van der Waals surface area contributed by atoms with E-state index in [1.807, 2.05) is 12.1 Å². The number of rotatable bonds is 14. The fourth-order valence-electron chi connectivity index (χ4n) is 4.85. The number of benzene rings is 2. The molecule has 1 aliphatic rings. The molecular formula is C32H44N4. The third-order valence-electron chi connectivity index (χ3n) is 6.72. The Bertz CT molecular complexity index is 1030. The standard InChI is InChI=1S/C32H44N4/c1-6-19-35(20-7-2)23-29-14-17-32(18-15-29)36-24-30(22-26(36)4)27(5)34-25(3)21-31(33)16-13-28-11-9-8-10-12-28/h8-12,14-15,17-18,21,30,34H,3-7,13,16,19-20,22-24,33H2,1-2H3/b31-21-. The summed E-state index contributed by atoms with van der Waals surface area (Å²) >= 11 is 0. The summed E-state index contributed by atoms with van der Waals surface area (Å²) in [4.78, 5) is 4.84. The molecule has 0 bridgehead atoms. The quantitative estimate of drug-likeness (QED) is 0.291. The van der Waals surface area contributed by atoms with Gasteiger partial charge in [-0.3, -0.25) is 4.90 Å². The number of nitrogens with two attached hydrogens (primary N) is 1. The lowest BCUT2D eigenvalue weighted by Crippen LogP contribution is -2.25. The highest BCUT2D eigenvalue weighted by Crippen LogP contribution is 2.34. The first-order chi connectivity index (χ1) is 17.4. The molecule has 36 heavy (non-hydrogen) atoms. The molecule has 1 saturated heterocycles. The molecule has 4 nitrogen and oxygen atoms in total. The van der Waals surface area contributed by atoms with Crippen LogP contribution in [0.3, 0.4) is 0 Å². The van der Waals surface area contributed by atoms with Crippen molar-refractivity contribution < 1.29 is 0 Å². The summed E-state index contributed by atoms with van der Waals surface area (Å²) in [5, 5.41) is 3.38. The summed E-state index contributed by atoms with van der Waals surface area (Å²) < 4.78 is 0. The molecule has 0 amide bonds. The van der Waals surface area contributed by atoms with Crippen LogP contribution in [0.25, 0.3) is 0 Å². The number of hydrogen-bond acceptors (Lipinski definition) is 4. The van der Waals surface area contributed by atoms with E-state index in [0.717, 1.165) is 68.2 Å². The minimum atomic E-state index is 0.275. The maximum Gasteiger partial charge on any atom is 0.0408 e. The van der Waals surface area contributed by atoms with Gasteiger partial charge in [0.2, 0.25) is 0 Å². The Morgan fingerprint density at radius 3 is 2.33 bits per heavy atom. The van der Waals surface area contributed by atoms with E-state index >= 15 is 0 Å². The van der Waals surface area contributed by atoms with Gasteiger partial charge in [0, 0.05) is 47.5 Å². The van der Waals surface area contributed by atoms with Crippen LogP contribution in [0.15, 0.2) is 103 Å². The van der Waals surface area contributed by atoms with Crippen LogP contribution in [0.1, 0.15) is 50.7 Å². The van der Waals surface area contributed by atoms with Crippen LogP contribution >= 0.6 is 0 Å². The van der Waals surface area contributed by atoms with E-state index in [1.165, 1.54) is 29.7 Å². The molecule has 1 atom stereocenters. The number of hydrogen-bond donors (Lipinski definition) is 2. The molecule has 0 aromatic heterocycles. The van der Waals surface area contributed by atoms with Crippen molar-refractivity contribution in [3.8, 4) is 0 Å². The van der Waals surface area contributed by atoms with Crippen molar-refractivity contribution in [2.45, 2.75) is 52.5 Å². The molecule has 0 spiro atoms. The molecule has 192 valence electrons. The minimum absolute atomic E-state index is 0.275. The number of aryl methyl sites for hydroxylation is 1. The summed E-state index contributed by atoms with van der Waals surface area (Å²) in [5.41, 5.74) is 13.8. The molecule has 4 heteroatoms. The van der Waals surface area contributed by atoms with Crippen molar-refractivity contribution in [3.05, 3.63) is 114 Å². The van der Waals surface area contributed by atoms with Crippen LogP contribution in [-0.2, 0) is 13.0 Å². The number of allylic oxidation sites excluding steroid dienone is 3. The van der Waals surface area contributed by atoms with Crippen LogP contribution in [0.4, 0.5) is 5.69 Å². The van der Waals surface area contributed by atoms with E-state index < -0.39 is 0 Å². The van der Waals surface area contributed by atoms with Gasteiger partial charge < -0.3 is 16.0 Å². The summed E-state index contributed by atoms with van der Waals surface area (Å²) in [7, 11) is 0. The Balaban J connectivity index is 1.51. The second kappa shape index (κ2) is 13.7. The van der Waals surface area contributed by atoms with Gasteiger partial charge in [-0.05, 0) is 74.5 Å². The largest absolute Gasteiger partial charge is 0.402 e. The third-order valence-corrected chi connectivity index (χ3v) is 6.72. The second-order valence-corrected chi connectivity index (χ2v) is 9.90. The fraction of sp³-hybridized carbons (Fsp3) is 0.375. The smallest absolute Gasteiger partial charge is 0.0408 e. The van der Waals surface area contributed by atoms with E-state index in [9.17, 15) is 0 Å². The monoisotopic (exact) mass is 484 g/mol. The molecule has 0 saturated carbocycles. The van der Waals surface area contributed by atoms with Gasteiger partial charge in [0.25, 0.3) is 0 Å². The Kier molecular flexibility index (Phi) is 10.4. The van der Waals surface area contributed by atoms with Gasteiger partial charge in [0.15, 0.2) is 0 Å². The summed E-state index contributed by atoms with van der Waals surface area (Å²) in [6, 6.07) is 19.4. The van der Waals surface area contributed by atoms with Crippen LogP contribution in [0.2, 0.25) is 0 Å². The normalized spacial score (nSPS) is 16.0. The lowest BCUT2D eigenvalue weighted by atomic mass is 10.0. The first-order valence-electron chi connectivity index (χ1n) is 13.3. The summed E-state index contributed by atoms with van der Waals surface area (Å²) in [6.07, 6.45) is 6.91. The lowest BCUT2D eigenvalue weighted by Gasteiger charge is -2.23. The van der Waals surface area contributed by atoms with Gasteiger partial charge in [-0.2, -0.15) is 0 Å². The zero-order valence-electron chi connectivity index (χ0n) is 22.3. The predicted octanol–water partition coefficient (Wildman–Crippen LogP) is 6.74. The SMILES string of the molecule is C=C(/C=C(\N)CCc1ccccc1)NC(=C)C1CC(=C)N(c2ccc(CN(CCC)CCC)cc2)C1. The van der Waals surface area contributed by atoms with Gasteiger partial charge in [-0.15, -0.1) is 0 Å². The van der Waals surface area contributed by atoms with Gasteiger partial charge in [-0.25, -0.2) is 0 Å². The van der Waals surface area contributed by atoms with Gasteiger partial charge in [-0.1, -0.05) is 76.0 Å². The second-order valence-electron chi connectivity index (χ2n) is 9.90.